The monoisotopic (exact) mass is 212 g/mol. The molecule has 0 aliphatic rings. The Morgan fingerprint density at radius 2 is 2.20 bits per heavy atom. The summed E-state index contributed by atoms with van der Waals surface area (Å²) in [5.74, 6) is -1.10. The molecule has 1 amide bonds. The van der Waals surface area contributed by atoms with Crippen LogP contribution in [0, 0.1) is 5.82 Å². The van der Waals surface area contributed by atoms with E-state index in [9.17, 15) is 9.18 Å². The quantitative estimate of drug-likeness (QED) is 0.715. The Labute approximate surface area is 87.3 Å². The Morgan fingerprint density at radius 3 is 2.73 bits per heavy atom. The second kappa shape index (κ2) is 4.70. The van der Waals surface area contributed by atoms with Gasteiger partial charge in [-0.25, -0.2) is 14.4 Å². The molecule has 82 valence electrons. The molecule has 2 N–H and O–H groups in total. The molecule has 1 aromatic heterocycles. The number of nitrogens with one attached hydrogen (secondary N) is 2. The minimum absolute atomic E-state index is 0.0388. The molecule has 1 heterocycles. The van der Waals surface area contributed by atoms with Crippen LogP contribution in [-0.2, 0) is 0 Å². The van der Waals surface area contributed by atoms with Crippen molar-refractivity contribution in [2.75, 3.05) is 26.5 Å². The van der Waals surface area contributed by atoms with Gasteiger partial charge in [0.05, 0.1) is 5.56 Å². The summed E-state index contributed by atoms with van der Waals surface area (Å²) in [4.78, 5) is 15.2. The van der Waals surface area contributed by atoms with Crippen LogP contribution in [0.5, 0.6) is 0 Å². The molecule has 5 nitrogen and oxygen atoms in total. The first kappa shape index (κ1) is 11.4. The lowest BCUT2D eigenvalue weighted by molar-refractivity contribution is 0.0852. The number of nitrogens with zero attached hydrogens (tertiary/aromatic N) is 2. The summed E-state index contributed by atoms with van der Waals surface area (Å²) >= 11 is 0. The highest BCUT2D eigenvalue weighted by Crippen LogP contribution is 2.13. The largest absolute Gasteiger partial charge is 0.371 e. The third-order valence-corrected chi connectivity index (χ3v) is 1.70. The molecule has 0 bridgehead atoms. The minimum Gasteiger partial charge on any atom is -0.371 e. The smallest absolute Gasteiger partial charge is 0.268 e. The molecule has 0 radical (unpaired) electrons. The third kappa shape index (κ3) is 2.63. The summed E-state index contributed by atoms with van der Waals surface area (Å²) in [6.45, 7) is 0. The Kier molecular flexibility index (Phi) is 3.56. The molecular formula is C9H13FN4O. The number of aromatic nitrogens is 1. The van der Waals surface area contributed by atoms with Crippen molar-refractivity contribution in [3.05, 3.63) is 23.6 Å². The van der Waals surface area contributed by atoms with Crippen LogP contribution in [0.4, 0.5) is 10.2 Å². The molecule has 0 saturated carbocycles. The van der Waals surface area contributed by atoms with Crippen molar-refractivity contribution in [1.82, 2.24) is 15.4 Å². The lowest BCUT2D eigenvalue weighted by Gasteiger charge is -2.12. The highest BCUT2D eigenvalue weighted by molar-refractivity contribution is 5.94. The number of halogens is 1. The number of carbonyl (C=O) groups excluding carboxylic acids is 1. The van der Waals surface area contributed by atoms with Crippen molar-refractivity contribution < 1.29 is 9.18 Å². The van der Waals surface area contributed by atoms with Crippen molar-refractivity contribution in [2.24, 2.45) is 0 Å². The van der Waals surface area contributed by atoms with Crippen molar-refractivity contribution in [3.8, 4) is 0 Å². The molecule has 0 saturated heterocycles. The van der Waals surface area contributed by atoms with Gasteiger partial charge in [0.1, 0.15) is 0 Å². The van der Waals surface area contributed by atoms with E-state index >= 15 is 0 Å². The van der Waals surface area contributed by atoms with Crippen LogP contribution < -0.4 is 10.7 Å². The first-order valence-corrected chi connectivity index (χ1v) is 4.36. The normalized spacial score (nSPS) is 10.2. The van der Waals surface area contributed by atoms with Crippen molar-refractivity contribution in [1.29, 1.82) is 0 Å². The van der Waals surface area contributed by atoms with Gasteiger partial charge in [0.15, 0.2) is 11.6 Å². The highest BCUT2D eigenvalue weighted by Gasteiger charge is 2.15. The Hall–Kier alpha value is -1.69. The maximum absolute atomic E-state index is 13.6. The van der Waals surface area contributed by atoms with E-state index in [0.29, 0.717) is 0 Å². The number of amides is 1. The van der Waals surface area contributed by atoms with Gasteiger partial charge in [-0.15, -0.1) is 0 Å². The number of pyridine rings is 1. The fourth-order valence-corrected chi connectivity index (χ4v) is 1.06. The number of hydrogen-bond donors (Lipinski definition) is 2. The molecule has 0 fully saturated rings. The van der Waals surface area contributed by atoms with Crippen LogP contribution >= 0.6 is 0 Å². The van der Waals surface area contributed by atoms with Crippen LogP contribution in [0.1, 0.15) is 10.4 Å². The molecule has 0 spiro atoms. The van der Waals surface area contributed by atoms with Crippen LogP contribution in [-0.4, -0.2) is 37.0 Å². The van der Waals surface area contributed by atoms with Crippen LogP contribution in [0.25, 0.3) is 0 Å². The van der Waals surface area contributed by atoms with Crippen molar-refractivity contribution in [3.63, 3.8) is 0 Å². The van der Waals surface area contributed by atoms with Crippen LogP contribution in [0.2, 0.25) is 0 Å². The fourth-order valence-electron chi connectivity index (χ4n) is 1.06. The number of hydrogen-bond acceptors (Lipinski definition) is 4. The van der Waals surface area contributed by atoms with Gasteiger partial charge in [0, 0.05) is 27.3 Å². The summed E-state index contributed by atoms with van der Waals surface area (Å²) in [7, 11) is 4.84. The van der Waals surface area contributed by atoms with E-state index < -0.39 is 11.7 Å². The second-order valence-electron chi connectivity index (χ2n) is 3.11. The predicted octanol–water partition coefficient (Wildman–Crippen LogP) is 0.469. The standard InChI is InChI=1S/C9H13FN4O/c1-11-8-7(10)6(4-5-12-8)9(15)13-14(2)3/h4-5H,1-3H3,(H,11,12)(H,13,15). The molecule has 0 aliphatic carbocycles. The third-order valence-electron chi connectivity index (χ3n) is 1.70. The van der Waals surface area contributed by atoms with E-state index in [0.717, 1.165) is 0 Å². The van der Waals surface area contributed by atoms with Gasteiger partial charge in [-0.05, 0) is 6.07 Å². The summed E-state index contributed by atoms with van der Waals surface area (Å²) in [6, 6.07) is 1.33. The van der Waals surface area contributed by atoms with Gasteiger partial charge in [-0.3, -0.25) is 10.2 Å². The zero-order valence-electron chi connectivity index (χ0n) is 8.84. The Balaban J connectivity index is 2.99. The summed E-state index contributed by atoms with van der Waals surface area (Å²) in [5, 5.41) is 4.01. The Morgan fingerprint density at radius 1 is 1.53 bits per heavy atom. The zero-order chi connectivity index (χ0) is 11.4. The number of rotatable bonds is 3. The molecule has 6 heteroatoms. The van der Waals surface area contributed by atoms with Crippen LogP contribution in [0.3, 0.4) is 0 Å². The molecule has 1 aromatic rings. The average molecular weight is 212 g/mol. The van der Waals surface area contributed by atoms with Gasteiger partial charge in [-0.2, -0.15) is 0 Å². The SMILES string of the molecule is CNc1nccc(C(=O)NN(C)C)c1F. The predicted molar refractivity (Wildman–Crippen MR) is 54.9 cm³/mol. The average Bonchev–Trinajstić information content (AvgIpc) is 2.17. The van der Waals surface area contributed by atoms with E-state index in [1.54, 1.807) is 21.1 Å². The molecule has 0 atom stereocenters. The van der Waals surface area contributed by atoms with E-state index in [1.807, 2.05) is 0 Å². The first-order valence-electron chi connectivity index (χ1n) is 4.36. The van der Waals surface area contributed by atoms with Gasteiger partial charge >= 0.3 is 0 Å². The lowest BCUT2D eigenvalue weighted by Crippen LogP contribution is -2.36. The Bertz CT molecular complexity index is 367. The van der Waals surface area contributed by atoms with Gasteiger partial charge in [-0.1, -0.05) is 0 Å². The number of anilines is 1. The number of carbonyl (C=O) groups is 1. The molecule has 0 unspecified atom stereocenters. The molecule has 1 rings (SSSR count). The molecule has 15 heavy (non-hydrogen) atoms. The topological polar surface area (TPSA) is 57.3 Å². The molecule has 0 aromatic carbocycles. The van der Waals surface area contributed by atoms with Gasteiger partial charge in [0.25, 0.3) is 5.91 Å². The lowest BCUT2D eigenvalue weighted by atomic mass is 10.2. The van der Waals surface area contributed by atoms with Gasteiger partial charge < -0.3 is 5.32 Å². The summed E-state index contributed by atoms with van der Waals surface area (Å²) in [6.07, 6.45) is 1.37. The van der Waals surface area contributed by atoms with E-state index in [2.05, 4.69) is 15.7 Å². The van der Waals surface area contributed by atoms with Crippen molar-refractivity contribution in [2.45, 2.75) is 0 Å². The fraction of sp³-hybridized carbons (Fsp3) is 0.333. The maximum Gasteiger partial charge on any atom is 0.268 e. The molecule has 0 aliphatic heterocycles. The van der Waals surface area contributed by atoms with E-state index in [1.165, 1.54) is 17.3 Å². The molecular weight excluding hydrogens is 199 g/mol. The van der Waals surface area contributed by atoms with E-state index in [4.69, 9.17) is 0 Å². The van der Waals surface area contributed by atoms with Crippen LogP contribution in [0.15, 0.2) is 12.3 Å². The minimum atomic E-state index is -0.653. The van der Waals surface area contributed by atoms with Crippen molar-refractivity contribution >= 4 is 11.7 Å². The van der Waals surface area contributed by atoms with E-state index in [-0.39, 0.29) is 11.4 Å². The highest BCUT2D eigenvalue weighted by atomic mass is 19.1. The van der Waals surface area contributed by atoms with Gasteiger partial charge in [0.2, 0.25) is 0 Å². The number of hydrazine groups is 1. The zero-order valence-corrected chi connectivity index (χ0v) is 8.84. The summed E-state index contributed by atoms with van der Waals surface area (Å²) < 4.78 is 13.6. The second-order valence-corrected chi connectivity index (χ2v) is 3.11. The summed E-state index contributed by atoms with van der Waals surface area (Å²) in [5.41, 5.74) is 2.41. The first-order chi connectivity index (χ1) is 7.06. The maximum atomic E-state index is 13.6.